The van der Waals surface area contributed by atoms with E-state index >= 15 is 0 Å². The predicted octanol–water partition coefficient (Wildman–Crippen LogP) is 0.250. The van der Waals surface area contributed by atoms with E-state index in [2.05, 4.69) is 20.5 Å². The van der Waals surface area contributed by atoms with E-state index in [0.717, 1.165) is 30.2 Å². The van der Waals surface area contributed by atoms with Crippen LogP contribution in [0.3, 0.4) is 0 Å². The van der Waals surface area contributed by atoms with Crippen LogP contribution >= 0.6 is 0 Å². The van der Waals surface area contributed by atoms with E-state index in [9.17, 15) is 0 Å². The minimum atomic E-state index is 0.812. The molecule has 0 aliphatic carbocycles. The molecular formula is C8H14N4. The van der Waals surface area contributed by atoms with Crippen LogP contribution in [0.25, 0.3) is 0 Å². The zero-order chi connectivity index (χ0) is 8.97. The smallest absolute Gasteiger partial charge is 0.152 e. The first-order valence-electron chi connectivity index (χ1n) is 4.05. The van der Waals surface area contributed by atoms with Crippen molar-refractivity contribution in [3.63, 3.8) is 0 Å². The third kappa shape index (κ3) is 2.23. The molecule has 4 heteroatoms. The maximum atomic E-state index is 4.30. The van der Waals surface area contributed by atoms with Crippen LogP contribution in [0.1, 0.15) is 17.2 Å². The van der Waals surface area contributed by atoms with Crippen molar-refractivity contribution in [2.24, 2.45) is 0 Å². The first kappa shape index (κ1) is 9.06. The van der Waals surface area contributed by atoms with Crippen molar-refractivity contribution in [1.82, 2.24) is 20.5 Å². The molecule has 0 atom stereocenters. The first-order valence-corrected chi connectivity index (χ1v) is 4.05. The van der Waals surface area contributed by atoms with Crippen LogP contribution in [0.4, 0.5) is 0 Å². The number of nitrogens with zero attached hydrogens (tertiary/aromatic N) is 3. The molecule has 0 unspecified atom stereocenters. The summed E-state index contributed by atoms with van der Waals surface area (Å²) in [5.74, 6) is 0.812. The lowest BCUT2D eigenvalue weighted by Crippen LogP contribution is -2.13. The minimum absolute atomic E-state index is 0.812. The van der Waals surface area contributed by atoms with Crippen molar-refractivity contribution in [1.29, 1.82) is 0 Å². The number of nitrogens with one attached hydrogen (secondary N) is 1. The highest BCUT2D eigenvalue weighted by atomic mass is 15.2. The molecule has 4 nitrogen and oxygen atoms in total. The lowest BCUT2D eigenvalue weighted by Gasteiger charge is -2.00. The normalized spacial score (nSPS) is 10.2. The highest BCUT2D eigenvalue weighted by molar-refractivity contribution is 5.05. The Morgan fingerprint density at radius 1 is 1.17 bits per heavy atom. The molecule has 0 spiro atoms. The Labute approximate surface area is 72.4 Å². The van der Waals surface area contributed by atoms with Crippen molar-refractivity contribution in [2.75, 3.05) is 13.6 Å². The van der Waals surface area contributed by atoms with Gasteiger partial charge in [-0.2, -0.15) is 5.10 Å². The third-order valence-corrected chi connectivity index (χ3v) is 1.73. The summed E-state index contributed by atoms with van der Waals surface area (Å²) in [4.78, 5) is 4.30. The molecule has 1 aromatic heterocycles. The number of hydrogen-bond donors (Lipinski definition) is 1. The van der Waals surface area contributed by atoms with Gasteiger partial charge in [0.05, 0.1) is 11.4 Å². The summed E-state index contributed by atoms with van der Waals surface area (Å²) < 4.78 is 0. The van der Waals surface area contributed by atoms with Gasteiger partial charge in [-0.25, -0.2) is 4.98 Å². The van der Waals surface area contributed by atoms with Crippen LogP contribution in [0.5, 0.6) is 0 Å². The van der Waals surface area contributed by atoms with Gasteiger partial charge in [0, 0.05) is 13.0 Å². The standard InChI is InChI=1S/C8H14N4/c1-6-7(2)11-12-8(10-6)4-5-9-3/h9H,4-5H2,1-3H3. The van der Waals surface area contributed by atoms with Gasteiger partial charge in [0.25, 0.3) is 0 Å². The predicted molar refractivity (Wildman–Crippen MR) is 46.9 cm³/mol. The van der Waals surface area contributed by atoms with Crippen LogP contribution in [-0.4, -0.2) is 28.8 Å². The molecule has 1 aromatic rings. The second-order valence-electron chi connectivity index (χ2n) is 2.75. The molecule has 0 saturated carbocycles. The Bertz CT molecular complexity index is 259. The Hall–Kier alpha value is -1.03. The van der Waals surface area contributed by atoms with E-state index in [-0.39, 0.29) is 0 Å². The van der Waals surface area contributed by atoms with Gasteiger partial charge in [0.15, 0.2) is 5.82 Å². The van der Waals surface area contributed by atoms with Gasteiger partial charge < -0.3 is 5.32 Å². The van der Waals surface area contributed by atoms with E-state index in [4.69, 9.17) is 0 Å². The lowest BCUT2D eigenvalue weighted by molar-refractivity contribution is 0.721. The average Bonchev–Trinajstić information content (AvgIpc) is 2.07. The fraction of sp³-hybridized carbons (Fsp3) is 0.625. The second kappa shape index (κ2) is 4.11. The van der Waals surface area contributed by atoms with Crippen molar-refractivity contribution in [2.45, 2.75) is 20.3 Å². The number of aromatic nitrogens is 3. The molecule has 66 valence electrons. The van der Waals surface area contributed by atoms with Gasteiger partial charge >= 0.3 is 0 Å². The van der Waals surface area contributed by atoms with Crippen LogP contribution in [-0.2, 0) is 6.42 Å². The third-order valence-electron chi connectivity index (χ3n) is 1.73. The quantitative estimate of drug-likeness (QED) is 0.699. The Morgan fingerprint density at radius 3 is 2.50 bits per heavy atom. The van der Waals surface area contributed by atoms with Crippen LogP contribution in [0.2, 0.25) is 0 Å². The van der Waals surface area contributed by atoms with Gasteiger partial charge in [0.1, 0.15) is 0 Å². The Balaban J connectivity index is 2.69. The molecular weight excluding hydrogens is 152 g/mol. The summed E-state index contributed by atoms with van der Waals surface area (Å²) in [7, 11) is 1.91. The van der Waals surface area contributed by atoms with Crippen LogP contribution < -0.4 is 5.32 Å². The van der Waals surface area contributed by atoms with Crippen molar-refractivity contribution in [3.8, 4) is 0 Å². The Morgan fingerprint density at radius 2 is 1.92 bits per heavy atom. The zero-order valence-corrected chi connectivity index (χ0v) is 7.76. The van der Waals surface area contributed by atoms with Gasteiger partial charge in [-0.3, -0.25) is 0 Å². The molecule has 1 rings (SSSR count). The summed E-state index contributed by atoms with van der Waals surface area (Å²) in [6.07, 6.45) is 0.838. The summed E-state index contributed by atoms with van der Waals surface area (Å²) in [6.45, 7) is 4.76. The van der Waals surface area contributed by atoms with Gasteiger partial charge in [-0.1, -0.05) is 0 Å². The maximum absolute atomic E-state index is 4.30. The summed E-state index contributed by atoms with van der Waals surface area (Å²) >= 11 is 0. The monoisotopic (exact) mass is 166 g/mol. The van der Waals surface area contributed by atoms with Gasteiger partial charge in [0.2, 0.25) is 0 Å². The van der Waals surface area contributed by atoms with Crippen molar-refractivity contribution >= 4 is 0 Å². The van der Waals surface area contributed by atoms with Crippen molar-refractivity contribution in [3.05, 3.63) is 17.2 Å². The SMILES string of the molecule is CNCCc1nnc(C)c(C)n1. The van der Waals surface area contributed by atoms with E-state index in [1.807, 2.05) is 20.9 Å². The number of likely N-dealkylation sites (N-methyl/N-ethyl adjacent to an activating group) is 1. The number of rotatable bonds is 3. The second-order valence-corrected chi connectivity index (χ2v) is 2.75. The first-order chi connectivity index (χ1) is 5.74. The van der Waals surface area contributed by atoms with Crippen molar-refractivity contribution < 1.29 is 0 Å². The fourth-order valence-corrected chi connectivity index (χ4v) is 0.845. The van der Waals surface area contributed by atoms with E-state index in [1.54, 1.807) is 0 Å². The molecule has 1 N–H and O–H groups in total. The number of hydrogen-bond acceptors (Lipinski definition) is 4. The summed E-state index contributed by atoms with van der Waals surface area (Å²) in [5.41, 5.74) is 1.87. The van der Waals surface area contributed by atoms with E-state index in [1.165, 1.54) is 0 Å². The molecule has 0 aliphatic rings. The average molecular weight is 166 g/mol. The lowest BCUT2D eigenvalue weighted by atomic mass is 10.3. The highest BCUT2D eigenvalue weighted by Gasteiger charge is 1.99. The molecule has 0 aliphatic heterocycles. The van der Waals surface area contributed by atoms with Crippen LogP contribution in [0, 0.1) is 13.8 Å². The molecule has 0 radical (unpaired) electrons. The zero-order valence-electron chi connectivity index (χ0n) is 7.76. The molecule has 0 amide bonds. The van der Waals surface area contributed by atoms with Gasteiger partial charge in [-0.15, -0.1) is 5.10 Å². The van der Waals surface area contributed by atoms with E-state index < -0.39 is 0 Å². The molecule has 0 saturated heterocycles. The Kier molecular flexibility index (Phi) is 3.10. The maximum Gasteiger partial charge on any atom is 0.152 e. The molecule has 0 bridgehead atoms. The molecule has 0 fully saturated rings. The molecule has 12 heavy (non-hydrogen) atoms. The molecule has 1 heterocycles. The minimum Gasteiger partial charge on any atom is -0.319 e. The largest absolute Gasteiger partial charge is 0.319 e. The topological polar surface area (TPSA) is 50.7 Å². The van der Waals surface area contributed by atoms with Crippen LogP contribution in [0.15, 0.2) is 0 Å². The summed E-state index contributed by atoms with van der Waals surface area (Å²) in [5, 5.41) is 11.0. The highest BCUT2D eigenvalue weighted by Crippen LogP contribution is 1.97. The molecule has 0 aromatic carbocycles. The van der Waals surface area contributed by atoms with Gasteiger partial charge in [-0.05, 0) is 20.9 Å². The number of aryl methyl sites for hydroxylation is 2. The summed E-state index contributed by atoms with van der Waals surface area (Å²) in [6, 6.07) is 0. The fourth-order valence-electron chi connectivity index (χ4n) is 0.845. The van der Waals surface area contributed by atoms with E-state index in [0.29, 0.717) is 0 Å².